The molecule has 0 radical (unpaired) electrons. The third-order valence-electron chi connectivity index (χ3n) is 4.03. The highest BCUT2D eigenvalue weighted by atomic mass is 35.5. The van der Waals surface area contributed by atoms with Crippen molar-refractivity contribution in [2.45, 2.75) is 39.6 Å². The summed E-state index contributed by atoms with van der Waals surface area (Å²) in [5.41, 5.74) is 4.46. The van der Waals surface area contributed by atoms with Crippen LogP contribution < -0.4 is 10.1 Å². The van der Waals surface area contributed by atoms with Crippen molar-refractivity contribution >= 4 is 29.3 Å². The van der Waals surface area contributed by atoms with Crippen molar-refractivity contribution in [3.05, 3.63) is 63.7 Å². The molecule has 0 aliphatic heterocycles. The molecule has 0 aliphatic carbocycles. The average Bonchev–Trinajstić information content (AvgIpc) is 2.60. The van der Waals surface area contributed by atoms with Crippen LogP contribution in [-0.4, -0.2) is 24.3 Å². The number of amides is 1. The Bertz CT molecular complexity index is 723. The summed E-state index contributed by atoms with van der Waals surface area (Å²) < 4.78 is 5.75. The van der Waals surface area contributed by atoms with Crippen LogP contribution in [0.2, 0.25) is 5.02 Å². The first kappa shape index (κ1) is 20.7. The van der Waals surface area contributed by atoms with E-state index >= 15 is 0 Å². The molecule has 0 saturated carbocycles. The molecule has 2 aromatic rings. The number of halogens is 1. The van der Waals surface area contributed by atoms with Gasteiger partial charge in [0, 0.05) is 23.1 Å². The van der Waals surface area contributed by atoms with Gasteiger partial charge in [-0.25, -0.2) is 0 Å². The minimum atomic E-state index is -0.544. The monoisotopic (exact) mass is 391 g/mol. The van der Waals surface area contributed by atoms with Crippen LogP contribution in [0.4, 0.5) is 0 Å². The molecule has 1 atom stereocenters. The highest BCUT2D eigenvalue weighted by molar-refractivity contribution is 7.98. The van der Waals surface area contributed by atoms with Crippen molar-refractivity contribution < 1.29 is 9.53 Å². The zero-order valence-electron chi connectivity index (χ0n) is 15.8. The number of aryl methyl sites for hydroxylation is 3. The standard InChI is InChI=1S/C21H26ClNO2S/c1-14-5-7-18(8-6-14)13-26-10-9-23-21(24)17(4)25-19-11-15(2)20(22)16(3)12-19/h5-8,11-12,17H,9-10,13H2,1-4H3,(H,23,24). The lowest BCUT2D eigenvalue weighted by atomic mass is 10.1. The van der Waals surface area contributed by atoms with Crippen LogP contribution in [0.5, 0.6) is 5.75 Å². The molecular weight excluding hydrogens is 366 g/mol. The first-order chi connectivity index (χ1) is 12.4. The first-order valence-electron chi connectivity index (χ1n) is 8.71. The van der Waals surface area contributed by atoms with E-state index in [2.05, 4.69) is 36.5 Å². The van der Waals surface area contributed by atoms with E-state index in [0.717, 1.165) is 27.7 Å². The Morgan fingerprint density at radius 1 is 1.15 bits per heavy atom. The van der Waals surface area contributed by atoms with Crippen LogP contribution in [0, 0.1) is 20.8 Å². The summed E-state index contributed by atoms with van der Waals surface area (Å²) in [6.45, 7) is 8.33. The van der Waals surface area contributed by atoms with Crippen LogP contribution in [0.15, 0.2) is 36.4 Å². The Morgan fingerprint density at radius 3 is 2.38 bits per heavy atom. The van der Waals surface area contributed by atoms with E-state index < -0.39 is 6.10 Å². The minimum Gasteiger partial charge on any atom is -0.481 e. The molecule has 5 heteroatoms. The molecule has 1 N–H and O–H groups in total. The predicted octanol–water partition coefficient (Wildman–Crippen LogP) is 5.08. The van der Waals surface area contributed by atoms with Gasteiger partial charge in [0.1, 0.15) is 5.75 Å². The number of hydrogen-bond acceptors (Lipinski definition) is 3. The zero-order chi connectivity index (χ0) is 19.1. The van der Waals surface area contributed by atoms with Gasteiger partial charge >= 0.3 is 0 Å². The van der Waals surface area contributed by atoms with Gasteiger partial charge in [-0.05, 0) is 56.5 Å². The second-order valence-corrected chi connectivity index (χ2v) is 7.94. The Hall–Kier alpha value is -1.65. The highest BCUT2D eigenvalue weighted by Gasteiger charge is 2.15. The first-order valence-corrected chi connectivity index (χ1v) is 10.2. The van der Waals surface area contributed by atoms with Gasteiger partial charge in [0.2, 0.25) is 0 Å². The minimum absolute atomic E-state index is 0.105. The summed E-state index contributed by atoms with van der Waals surface area (Å²) in [7, 11) is 0. The number of nitrogens with one attached hydrogen (secondary N) is 1. The van der Waals surface area contributed by atoms with Gasteiger partial charge in [0.05, 0.1) is 0 Å². The molecule has 140 valence electrons. The van der Waals surface area contributed by atoms with Crippen LogP contribution >= 0.6 is 23.4 Å². The van der Waals surface area contributed by atoms with Gasteiger partial charge in [-0.15, -0.1) is 0 Å². The Labute approximate surface area is 165 Å². The van der Waals surface area contributed by atoms with E-state index in [1.165, 1.54) is 11.1 Å². The lowest BCUT2D eigenvalue weighted by Crippen LogP contribution is -2.37. The number of ether oxygens (including phenoxy) is 1. The van der Waals surface area contributed by atoms with Gasteiger partial charge in [-0.2, -0.15) is 11.8 Å². The van der Waals surface area contributed by atoms with Crippen molar-refractivity contribution in [3.8, 4) is 5.75 Å². The quantitative estimate of drug-likeness (QED) is 0.637. The maximum atomic E-state index is 12.2. The molecule has 1 unspecified atom stereocenters. The van der Waals surface area contributed by atoms with Gasteiger partial charge in [-0.3, -0.25) is 4.79 Å². The summed E-state index contributed by atoms with van der Waals surface area (Å²) in [6.07, 6.45) is -0.544. The molecule has 3 nitrogen and oxygen atoms in total. The van der Waals surface area contributed by atoms with Gasteiger partial charge in [-0.1, -0.05) is 41.4 Å². The lowest BCUT2D eigenvalue weighted by Gasteiger charge is -2.16. The molecule has 0 heterocycles. The highest BCUT2D eigenvalue weighted by Crippen LogP contribution is 2.26. The Morgan fingerprint density at radius 2 is 1.77 bits per heavy atom. The zero-order valence-corrected chi connectivity index (χ0v) is 17.3. The number of rotatable bonds is 8. The molecule has 0 spiro atoms. The number of carbonyl (C=O) groups excluding carboxylic acids is 1. The fraction of sp³-hybridized carbons (Fsp3) is 0.381. The molecule has 2 aromatic carbocycles. The molecular formula is C21H26ClNO2S. The summed E-state index contributed by atoms with van der Waals surface area (Å²) in [5, 5.41) is 3.66. The summed E-state index contributed by atoms with van der Waals surface area (Å²) in [6, 6.07) is 12.3. The van der Waals surface area contributed by atoms with E-state index in [0.29, 0.717) is 12.3 Å². The number of hydrogen-bond donors (Lipinski definition) is 1. The largest absolute Gasteiger partial charge is 0.481 e. The maximum absolute atomic E-state index is 12.2. The van der Waals surface area contributed by atoms with Crippen molar-refractivity contribution in [1.29, 1.82) is 0 Å². The lowest BCUT2D eigenvalue weighted by molar-refractivity contribution is -0.127. The van der Waals surface area contributed by atoms with Crippen molar-refractivity contribution in [2.24, 2.45) is 0 Å². The predicted molar refractivity (Wildman–Crippen MR) is 111 cm³/mol. The molecule has 0 bridgehead atoms. The van der Waals surface area contributed by atoms with Gasteiger partial charge in [0.25, 0.3) is 5.91 Å². The Kier molecular flexibility index (Phi) is 7.85. The summed E-state index contributed by atoms with van der Waals surface area (Å²) in [5.74, 6) is 2.38. The van der Waals surface area contributed by atoms with Gasteiger partial charge in [0.15, 0.2) is 6.10 Å². The third-order valence-corrected chi connectivity index (χ3v) is 5.65. The van der Waals surface area contributed by atoms with E-state index in [9.17, 15) is 4.79 Å². The van der Waals surface area contributed by atoms with Crippen LogP contribution in [0.1, 0.15) is 29.2 Å². The number of benzene rings is 2. The van der Waals surface area contributed by atoms with Crippen molar-refractivity contribution in [1.82, 2.24) is 5.32 Å². The molecule has 0 fully saturated rings. The van der Waals surface area contributed by atoms with Crippen LogP contribution in [0.3, 0.4) is 0 Å². The van der Waals surface area contributed by atoms with E-state index in [1.807, 2.05) is 26.0 Å². The Balaban J connectivity index is 1.71. The SMILES string of the molecule is Cc1ccc(CSCCNC(=O)C(C)Oc2cc(C)c(Cl)c(C)c2)cc1. The molecule has 1 amide bonds. The maximum Gasteiger partial charge on any atom is 0.260 e. The third kappa shape index (κ3) is 6.26. The topological polar surface area (TPSA) is 38.3 Å². The molecule has 0 aromatic heterocycles. The molecule has 2 rings (SSSR count). The fourth-order valence-corrected chi connectivity index (χ4v) is 3.42. The number of carbonyl (C=O) groups is 1. The summed E-state index contributed by atoms with van der Waals surface area (Å²) in [4.78, 5) is 12.2. The number of thioether (sulfide) groups is 1. The van der Waals surface area contributed by atoms with Crippen LogP contribution in [-0.2, 0) is 10.5 Å². The smallest absolute Gasteiger partial charge is 0.260 e. The molecule has 0 aliphatic rings. The second-order valence-electron chi connectivity index (χ2n) is 6.46. The molecule has 26 heavy (non-hydrogen) atoms. The van der Waals surface area contributed by atoms with E-state index in [4.69, 9.17) is 16.3 Å². The van der Waals surface area contributed by atoms with Gasteiger partial charge < -0.3 is 10.1 Å². The normalized spacial score (nSPS) is 11.9. The molecule has 0 saturated heterocycles. The van der Waals surface area contributed by atoms with Crippen molar-refractivity contribution in [3.63, 3.8) is 0 Å². The summed E-state index contributed by atoms with van der Waals surface area (Å²) >= 11 is 7.97. The van der Waals surface area contributed by atoms with E-state index in [1.54, 1.807) is 18.7 Å². The average molecular weight is 392 g/mol. The fourth-order valence-electron chi connectivity index (χ4n) is 2.50. The van der Waals surface area contributed by atoms with Crippen LogP contribution in [0.25, 0.3) is 0 Å². The van der Waals surface area contributed by atoms with E-state index in [-0.39, 0.29) is 5.91 Å². The second kappa shape index (κ2) is 9.89. The van der Waals surface area contributed by atoms with Crippen molar-refractivity contribution in [2.75, 3.05) is 12.3 Å².